The van der Waals surface area contributed by atoms with E-state index in [0.29, 0.717) is 18.7 Å². The first kappa shape index (κ1) is 16.2. The maximum Gasteiger partial charge on any atom is 0.254 e. The summed E-state index contributed by atoms with van der Waals surface area (Å²) in [5.41, 5.74) is 0.377. The first-order valence-corrected chi connectivity index (χ1v) is 8.19. The van der Waals surface area contributed by atoms with Crippen LogP contribution in [-0.2, 0) is 0 Å². The molecule has 1 heterocycles. The van der Waals surface area contributed by atoms with Crippen LogP contribution in [0.5, 0.6) is 5.75 Å². The third-order valence-corrected chi connectivity index (χ3v) is 4.03. The molecule has 0 unspecified atom stereocenters. The van der Waals surface area contributed by atoms with Crippen LogP contribution in [0.4, 0.5) is 4.39 Å². The van der Waals surface area contributed by atoms with Gasteiger partial charge < -0.3 is 14.5 Å². The standard InChI is InChI=1S/C15H20BrFN2O2/c1-21-14-4-3-12(11-13(14)17)15(20)19-7-2-6-18(8-5-16)9-10-19/h3-4,11H,2,5-10H2,1H3. The summed E-state index contributed by atoms with van der Waals surface area (Å²) in [4.78, 5) is 16.6. The Morgan fingerprint density at radius 3 is 2.81 bits per heavy atom. The molecule has 4 nitrogen and oxygen atoms in total. The number of rotatable bonds is 4. The van der Waals surface area contributed by atoms with Gasteiger partial charge in [0.05, 0.1) is 7.11 Å². The van der Waals surface area contributed by atoms with E-state index in [0.717, 1.165) is 31.4 Å². The molecule has 1 fully saturated rings. The van der Waals surface area contributed by atoms with E-state index < -0.39 is 5.82 Å². The normalized spacial score (nSPS) is 16.6. The van der Waals surface area contributed by atoms with Crippen molar-refractivity contribution in [2.75, 3.05) is 45.2 Å². The first-order valence-electron chi connectivity index (χ1n) is 7.07. The number of alkyl halides is 1. The summed E-state index contributed by atoms with van der Waals surface area (Å²) in [7, 11) is 1.41. The van der Waals surface area contributed by atoms with Crippen molar-refractivity contribution < 1.29 is 13.9 Å². The molecule has 1 aromatic rings. The molecule has 2 rings (SSSR count). The summed E-state index contributed by atoms with van der Waals surface area (Å²) in [6.45, 7) is 4.23. The summed E-state index contributed by atoms with van der Waals surface area (Å²) in [5, 5.41) is 0.935. The Morgan fingerprint density at radius 2 is 2.14 bits per heavy atom. The van der Waals surface area contributed by atoms with Crippen molar-refractivity contribution in [1.29, 1.82) is 0 Å². The molecule has 0 spiro atoms. The predicted molar refractivity (Wildman–Crippen MR) is 83.7 cm³/mol. The highest BCUT2D eigenvalue weighted by Gasteiger charge is 2.20. The molecule has 1 saturated heterocycles. The molecular weight excluding hydrogens is 339 g/mol. The monoisotopic (exact) mass is 358 g/mol. The predicted octanol–water partition coefficient (Wildman–Crippen LogP) is 2.38. The largest absolute Gasteiger partial charge is 0.494 e. The van der Waals surface area contributed by atoms with Crippen molar-refractivity contribution in [2.24, 2.45) is 0 Å². The Morgan fingerprint density at radius 1 is 1.33 bits per heavy atom. The molecule has 1 aliphatic rings. The van der Waals surface area contributed by atoms with Crippen LogP contribution in [0, 0.1) is 5.82 Å². The van der Waals surface area contributed by atoms with Crippen LogP contribution in [0.3, 0.4) is 0 Å². The fraction of sp³-hybridized carbons (Fsp3) is 0.533. The molecule has 0 saturated carbocycles. The van der Waals surface area contributed by atoms with Gasteiger partial charge in [-0.3, -0.25) is 4.79 Å². The number of hydrogen-bond donors (Lipinski definition) is 0. The highest BCUT2D eigenvalue weighted by Crippen LogP contribution is 2.19. The number of benzene rings is 1. The minimum atomic E-state index is -0.501. The second-order valence-electron chi connectivity index (χ2n) is 5.03. The number of carbonyl (C=O) groups excluding carboxylic acids is 1. The Balaban J connectivity index is 2.04. The van der Waals surface area contributed by atoms with Gasteiger partial charge in [-0.2, -0.15) is 0 Å². The quantitative estimate of drug-likeness (QED) is 0.774. The minimum Gasteiger partial charge on any atom is -0.494 e. The highest BCUT2D eigenvalue weighted by molar-refractivity contribution is 9.09. The zero-order chi connectivity index (χ0) is 15.2. The number of amides is 1. The molecule has 0 aliphatic carbocycles. The van der Waals surface area contributed by atoms with E-state index in [4.69, 9.17) is 4.74 Å². The Labute approximate surface area is 133 Å². The van der Waals surface area contributed by atoms with Crippen molar-refractivity contribution >= 4 is 21.8 Å². The van der Waals surface area contributed by atoms with E-state index >= 15 is 0 Å². The number of methoxy groups -OCH3 is 1. The van der Waals surface area contributed by atoms with Gasteiger partial charge in [0.15, 0.2) is 11.6 Å². The Kier molecular flexibility index (Phi) is 5.99. The summed E-state index contributed by atoms with van der Waals surface area (Å²) in [6, 6.07) is 4.37. The molecule has 21 heavy (non-hydrogen) atoms. The van der Waals surface area contributed by atoms with Crippen molar-refractivity contribution in [3.05, 3.63) is 29.6 Å². The Hall–Kier alpha value is -1.14. The van der Waals surface area contributed by atoms with Gasteiger partial charge in [-0.15, -0.1) is 0 Å². The van der Waals surface area contributed by atoms with Gasteiger partial charge in [0.1, 0.15) is 0 Å². The average molecular weight is 359 g/mol. The molecule has 6 heteroatoms. The van der Waals surface area contributed by atoms with Crippen LogP contribution in [0.1, 0.15) is 16.8 Å². The van der Waals surface area contributed by atoms with Crippen molar-refractivity contribution in [2.45, 2.75) is 6.42 Å². The van der Waals surface area contributed by atoms with E-state index in [1.807, 2.05) is 0 Å². The topological polar surface area (TPSA) is 32.8 Å². The van der Waals surface area contributed by atoms with Crippen molar-refractivity contribution in [3.8, 4) is 5.75 Å². The summed E-state index contributed by atoms with van der Waals surface area (Å²) in [5.74, 6) is -0.456. The summed E-state index contributed by atoms with van der Waals surface area (Å²) in [6.07, 6.45) is 0.942. The summed E-state index contributed by atoms with van der Waals surface area (Å²) < 4.78 is 18.6. The number of nitrogens with zero attached hydrogens (tertiary/aromatic N) is 2. The van der Waals surface area contributed by atoms with Gasteiger partial charge >= 0.3 is 0 Å². The smallest absolute Gasteiger partial charge is 0.254 e. The number of halogens is 2. The molecule has 0 aromatic heterocycles. The molecule has 0 N–H and O–H groups in total. The van der Waals surface area contributed by atoms with Gasteiger partial charge in [0.2, 0.25) is 0 Å². The zero-order valence-electron chi connectivity index (χ0n) is 12.1. The van der Waals surface area contributed by atoms with Crippen LogP contribution < -0.4 is 4.74 Å². The van der Waals surface area contributed by atoms with Crippen LogP contribution in [0.2, 0.25) is 0 Å². The van der Waals surface area contributed by atoms with Crippen LogP contribution >= 0.6 is 15.9 Å². The number of ether oxygens (including phenoxy) is 1. The molecule has 0 bridgehead atoms. The SMILES string of the molecule is COc1ccc(C(=O)N2CCCN(CCBr)CC2)cc1F. The molecule has 1 aromatic carbocycles. The number of carbonyl (C=O) groups is 1. The van der Waals surface area contributed by atoms with Crippen molar-refractivity contribution in [3.63, 3.8) is 0 Å². The maximum absolute atomic E-state index is 13.7. The lowest BCUT2D eigenvalue weighted by molar-refractivity contribution is 0.0761. The van der Waals surface area contributed by atoms with Crippen LogP contribution in [-0.4, -0.2) is 60.9 Å². The molecule has 116 valence electrons. The van der Waals surface area contributed by atoms with Gasteiger partial charge in [0.25, 0.3) is 5.91 Å². The lowest BCUT2D eigenvalue weighted by atomic mass is 10.1. The minimum absolute atomic E-state index is 0.114. The number of hydrogen-bond acceptors (Lipinski definition) is 3. The third-order valence-electron chi connectivity index (χ3n) is 3.68. The maximum atomic E-state index is 13.7. The zero-order valence-corrected chi connectivity index (χ0v) is 13.7. The molecule has 1 amide bonds. The fourth-order valence-corrected chi connectivity index (χ4v) is 3.00. The van der Waals surface area contributed by atoms with E-state index in [-0.39, 0.29) is 11.7 Å². The molecule has 0 atom stereocenters. The highest BCUT2D eigenvalue weighted by atomic mass is 79.9. The fourth-order valence-electron chi connectivity index (χ4n) is 2.50. The summed E-state index contributed by atoms with van der Waals surface area (Å²) >= 11 is 3.44. The Bertz CT molecular complexity index is 499. The van der Waals surface area contributed by atoms with Gasteiger partial charge in [-0.05, 0) is 31.2 Å². The van der Waals surface area contributed by atoms with E-state index in [1.54, 1.807) is 11.0 Å². The third kappa shape index (κ3) is 4.17. The molecule has 1 aliphatic heterocycles. The van der Waals surface area contributed by atoms with E-state index in [1.165, 1.54) is 19.2 Å². The average Bonchev–Trinajstić information content (AvgIpc) is 2.72. The molecular formula is C15H20BrFN2O2. The van der Waals surface area contributed by atoms with E-state index in [9.17, 15) is 9.18 Å². The van der Waals surface area contributed by atoms with Crippen LogP contribution in [0.25, 0.3) is 0 Å². The second-order valence-corrected chi connectivity index (χ2v) is 5.82. The molecule has 0 radical (unpaired) electrons. The van der Waals surface area contributed by atoms with Gasteiger partial charge in [-0.1, -0.05) is 15.9 Å². The van der Waals surface area contributed by atoms with Gasteiger partial charge in [0, 0.05) is 37.1 Å². The van der Waals surface area contributed by atoms with E-state index in [2.05, 4.69) is 20.8 Å². The second kappa shape index (κ2) is 7.75. The lowest BCUT2D eigenvalue weighted by Gasteiger charge is -2.21. The van der Waals surface area contributed by atoms with Crippen molar-refractivity contribution in [1.82, 2.24) is 9.80 Å². The first-order chi connectivity index (χ1) is 10.2. The van der Waals surface area contributed by atoms with Crippen LogP contribution in [0.15, 0.2) is 18.2 Å². The lowest BCUT2D eigenvalue weighted by Crippen LogP contribution is -2.35. The van der Waals surface area contributed by atoms with Gasteiger partial charge in [-0.25, -0.2) is 4.39 Å².